The van der Waals surface area contributed by atoms with E-state index in [-0.39, 0.29) is 17.4 Å². The maximum atomic E-state index is 12.0. The lowest BCUT2D eigenvalue weighted by molar-refractivity contribution is -0.115. The number of nitrogens with zero attached hydrogens (tertiary/aromatic N) is 1. The molecular weight excluding hydrogens is 371 g/mol. The van der Waals surface area contributed by atoms with Crippen molar-refractivity contribution in [1.82, 2.24) is 5.32 Å². The first-order valence-corrected chi connectivity index (χ1v) is 8.27. The molecule has 1 aliphatic heterocycles. The van der Waals surface area contributed by atoms with Gasteiger partial charge >= 0.3 is 0 Å². The summed E-state index contributed by atoms with van der Waals surface area (Å²) in [5.41, 5.74) is 0.855. The highest BCUT2D eigenvalue weighted by molar-refractivity contribution is 8.18. The minimum atomic E-state index is -0.343. The van der Waals surface area contributed by atoms with E-state index >= 15 is 0 Å². The maximum Gasteiger partial charge on any atom is 0.264 e. The summed E-state index contributed by atoms with van der Waals surface area (Å²) < 4.78 is 0. The monoisotopic (exact) mass is 380 g/mol. The molecule has 1 amide bonds. The predicted octanol–water partition coefficient (Wildman–Crippen LogP) is 4.30. The van der Waals surface area contributed by atoms with Gasteiger partial charge in [-0.3, -0.25) is 4.79 Å². The van der Waals surface area contributed by atoms with E-state index in [0.717, 1.165) is 11.8 Å². The van der Waals surface area contributed by atoms with Crippen molar-refractivity contribution in [2.75, 3.05) is 0 Å². The summed E-state index contributed by atoms with van der Waals surface area (Å²) >= 11 is 13.1. The molecule has 0 unspecified atom stereocenters. The third-order valence-corrected chi connectivity index (χ3v) is 4.82. The van der Waals surface area contributed by atoms with Crippen LogP contribution in [0.2, 0.25) is 10.0 Å². The average molecular weight is 381 g/mol. The number of phenols is 2. The molecule has 1 fully saturated rings. The first-order chi connectivity index (χ1) is 11.4. The van der Waals surface area contributed by atoms with Gasteiger partial charge in [0.2, 0.25) is 0 Å². The van der Waals surface area contributed by atoms with Crippen molar-refractivity contribution < 1.29 is 15.0 Å². The van der Waals surface area contributed by atoms with Crippen molar-refractivity contribution in [3.05, 3.63) is 56.9 Å². The lowest BCUT2D eigenvalue weighted by Gasteiger charge is -2.01. The van der Waals surface area contributed by atoms with E-state index in [1.54, 1.807) is 18.2 Å². The van der Waals surface area contributed by atoms with Gasteiger partial charge in [-0.2, -0.15) is 0 Å². The van der Waals surface area contributed by atoms with Crippen molar-refractivity contribution in [3.8, 4) is 11.5 Å². The molecule has 5 nitrogen and oxygen atoms in total. The number of rotatable bonds is 2. The summed E-state index contributed by atoms with van der Waals surface area (Å²) in [6.45, 7) is 0. The van der Waals surface area contributed by atoms with Crippen LogP contribution in [0.25, 0.3) is 6.08 Å². The van der Waals surface area contributed by atoms with Gasteiger partial charge in [-0.1, -0.05) is 29.3 Å². The van der Waals surface area contributed by atoms with Crippen molar-refractivity contribution in [3.63, 3.8) is 0 Å². The van der Waals surface area contributed by atoms with Crippen LogP contribution in [0.3, 0.4) is 0 Å². The predicted molar refractivity (Wildman–Crippen MR) is 97.0 cm³/mol. The zero-order chi connectivity index (χ0) is 17.3. The number of hydrogen-bond acceptors (Lipinski definition) is 5. The summed E-state index contributed by atoms with van der Waals surface area (Å²) in [6.07, 6.45) is 1.51. The highest BCUT2D eigenvalue weighted by atomic mass is 35.5. The van der Waals surface area contributed by atoms with Gasteiger partial charge in [-0.25, -0.2) is 4.99 Å². The number of benzene rings is 2. The summed E-state index contributed by atoms with van der Waals surface area (Å²) in [5.74, 6) is -0.528. The number of phenolic OH excluding ortho intramolecular Hbond substituents is 2. The number of carbonyl (C=O) groups excluding carboxylic acids is 1. The Hall–Kier alpha value is -2.15. The van der Waals surface area contributed by atoms with Gasteiger partial charge in [0.25, 0.3) is 5.91 Å². The Bertz CT molecular complexity index is 897. The van der Waals surface area contributed by atoms with Gasteiger partial charge in [0, 0.05) is 11.6 Å². The zero-order valence-electron chi connectivity index (χ0n) is 12.0. The highest BCUT2D eigenvalue weighted by Gasteiger charge is 2.24. The second-order valence-corrected chi connectivity index (χ2v) is 6.61. The van der Waals surface area contributed by atoms with Crippen LogP contribution in [0.4, 0.5) is 5.69 Å². The summed E-state index contributed by atoms with van der Waals surface area (Å²) in [7, 11) is 0. The largest absolute Gasteiger partial charge is 0.508 e. The number of carbonyl (C=O) groups is 1. The minimum absolute atomic E-state index is 0.0592. The van der Waals surface area contributed by atoms with Crippen LogP contribution in [0, 0.1) is 0 Å². The molecule has 1 aliphatic rings. The molecule has 2 aromatic rings. The van der Waals surface area contributed by atoms with Gasteiger partial charge in [-0.05, 0) is 42.1 Å². The molecule has 0 bridgehead atoms. The SMILES string of the molecule is O=C1NC(=Nc2cccc(Cl)c2Cl)S/C1=C\c1ccc(O)cc1O. The van der Waals surface area contributed by atoms with Gasteiger partial charge in [-0.15, -0.1) is 0 Å². The van der Waals surface area contributed by atoms with E-state index in [2.05, 4.69) is 10.3 Å². The molecule has 0 spiro atoms. The molecule has 3 N–H and O–H groups in total. The van der Waals surface area contributed by atoms with Crippen molar-refractivity contribution in [1.29, 1.82) is 0 Å². The van der Waals surface area contributed by atoms with Crippen LogP contribution in [0.1, 0.15) is 5.56 Å². The molecule has 8 heteroatoms. The zero-order valence-corrected chi connectivity index (χ0v) is 14.3. The Balaban J connectivity index is 1.89. The van der Waals surface area contributed by atoms with Crippen LogP contribution in [0.5, 0.6) is 11.5 Å². The highest BCUT2D eigenvalue weighted by Crippen LogP contribution is 2.35. The third kappa shape index (κ3) is 3.51. The summed E-state index contributed by atoms with van der Waals surface area (Å²) in [4.78, 5) is 16.7. The average Bonchev–Trinajstić information content (AvgIpc) is 2.86. The Kier molecular flexibility index (Phi) is 4.71. The van der Waals surface area contributed by atoms with Crippen LogP contribution < -0.4 is 5.32 Å². The fourth-order valence-electron chi connectivity index (χ4n) is 1.96. The number of amides is 1. The Morgan fingerprint density at radius 3 is 2.71 bits per heavy atom. The molecule has 24 heavy (non-hydrogen) atoms. The Morgan fingerprint density at radius 2 is 1.96 bits per heavy atom. The molecular formula is C16H10Cl2N2O3S. The molecule has 0 aromatic heterocycles. The quantitative estimate of drug-likeness (QED) is 0.678. The molecule has 1 saturated heterocycles. The minimum Gasteiger partial charge on any atom is -0.508 e. The smallest absolute Gasteiger partial charge is 0.264 e. The number of aliphatic imine (C=N–C) groups is 1. The van der Waals surface area contributed by atoms with Gasteiger partial charge < -0.3 is 15.5 Å². The van der Waals surface area contributed by atoms with E-state index in [4.69, 9.17) is 23.2 Å². The van der Waals surface area contributed by atoms with Crippen LogP contribution in [0.15, 0.2) is 46.3 Å². The first kappa shape index (κ1) is 16.7. The second-order valence-electron chi connectivity index (χ2n) is 4.80. The fraction of sp³-hybridized carbons (Fsp3) is 0. The molecule has 2 aromatic carbocycles. The second kappa shape index (κ2) is 6.76. The van der Waals surface area contributed by atoms with E-state index < -0.39 is 0 Å². The number of halogens is 2. The van der Waals surface area contributed by atoms with Crippen molar-refractivity contribution in [2.24, 2.45) is 4.99 Å². The number of aromatic hydroxyl groups is 2. The lowest BCUT2D eigenvalue weighted by Crippen LogP contribution is -2.19. The molecule has 122 valence electrons. The number of nitrogens with one attached hydrogen (secondary N) is 1. The maximum absolute atomic E-state index is 12.0. The van der Waals surface area contributed by atoms with Crippen LogP contribution in [-0.2, 0) is 4.79 Å². The summed E-state index contributed by atoms with van der Waals surface area (Å²) in [5, 5.41) is 22.7. The third-order valence-electron chi connectivity index (χ3n) is 3.10. The van der Waals surface area contributed by atoms with E-state index in [1.165, 1.54) is 24.3 Å². The molecule has 0 radical (unpaired) electrons. The van der Waals surface area contributed by atoms with Crippen molar-refractivity contribution in [2.45, 2.75) is 0 Å². The van der Waals surface area contributed by atoms with Gasteiger partial charge in [0.1, 0.15) is 11.5 Å². The lowest BCUT2D eigenvalue weighted by atomic mass is 10.2. The standard InChI is InChI=1S/C16H10Cl2N2O3S/c17-10-2-1-3-11(14(10)18)19-16-20-15(23)13(24-16)6-8-4-5-9(21)7-12(8)22/h1-7,21-22H,(H,19,20,23)/b13-6-. The number of thioether (sulfide) groups is 1. The van der Waals surface area contributed by atoms with Gasteiger partial charge in [0.05, 0.1) is 20.6 Å². The molecule has 0 saturated carbocycles. The number of hydrogen-bond donors (Lipinski definition) is 3. The Labute approximate surface area is 151 Å². The van der Waals surface area contributed by atoms with Crippen LogP contribution >= 0.6 is 35.0 Å². The van der Waals surface area contributed by atoms with E-state index in [9.17, 15) is 15.0 Å². The van der Waals surface area contributed by atoms with Crippen molar-refractivity contribution >= 4 is 57.8 Å². The van der Waals surface area contributed by atoms with E-state index in [0.29, 0.717) is 31.4 Å². The number of amidine groups is 1. The Morgan fingerprint density at radius 1 is 1.17 bits per heavy atom. The van der Waals surface area contributed by atoms with Gasteiger partial charge in [0.15, 0.2) is 5.17 Å². The summed E-state index contributed by atoms with van der Waals surface area (Å²) in [6, 6.07) is 9.16. The normalized spacial score (nSPS) is 17.5. The van der Waals surface area contributed by atoms with Crippen LogP contribution in [-0.4, -0.2) is 21.3 Å². The topological polar surface area (TPSA) is 81.9 Å². The molecule has 0 aliphatic carbocycles. The molecule has 3 rings (SSSR count). The first-order valence-electron chi connectivity index (χ1n) is 6.69. The van der Waals surface area contributed by atoms with E-state index in [1.807, 2.05) is 0 Å². The fourth-order valence-corrected chi connectivity index (χ4v) is 3.13. The molecule has 0 atom stereocenters. The molecule has 1 heterocycles.